The van der Waals surface area contributed by atoms with Crippen LogP contribution in [-0.2, 0) is 20.7 Å². The number of benzene rings is 1. The molecule has 0 aromatic heterocycles. The lowest BCUT2D eigenvalue weighted by molar-refractivity contribution is -0.141. The SMILES string of the molecule is COC(=O)CC(Cc1ccc(O)c(O)c1)NC(=O)OC. The highest BCUT2D eigenvalue weighted by molar-refractivity contribution is 5.72. The Hall–Kier alpha value is -2.44. The molecule has 0 aliphatic rings. The third-order valence-electron chi connectivity index (χ3n) is 2.67. The Morgan fingerprint density at radius 1 is 1.20 bits per heavy atom. The number of amides is 1. The number of carbonyl (C=O) groups excluding carboxylic acids is 2. The van der Waals surface area contributed by atoms with Gasteiger partial charge in [0.2, 0.25) is 0 Å². The second-order valence-electron chi connectivity index (χ2n) is 4.14. The van der Waals surface area contributed by atoms with Gasteiger partial charge in [0.05, 0.1) is 20.6 Å². The molecular weight excluding hydrogens is 266 g/mol. The van der Waals surface area contributed by atoms with Gasteiger partial charge in [-0.1, -0.05) is 6.07 Å². The van der Waals surface area contributed by atoms with Crippen LogP contribution in [-0.4, -0.2) is 42.5 Å². The Morgan fingerprint density at radius 3 is 2.45 bits per heavy atom. The van der Waals surface area contributed by atoms with Crippen molar-refractivity contribution in [3.05, 3.63) is 23.8 Å². The number of nitrogens with one attached hydrogen (secondary N) is 1. The lowest BCUT2D eigenvalue weighted by Crippen LogP contribution is -2.38. The number of methoxy groups -OCH3 is 2. The van der Waals surface area contributed by atoms with Crippen molar-refractivity contribution in [1.82, 2.24) is 5.32 Å². The van der Waals surface area contributed by atoms with Crippen molar-refractivity contribution in [3.8, 4) is 11.5 Å². The fourth-order valence-corrected chi connectivity index (χ4v) is 1.66. The molecule has 1 aromatic carbocycles. The normalized spacial score (nSPS) is 11.5. The van der Waals surface area contributed by atoms with Gasteiger partial charge in [-0.25, -0.2) is 4.79 Å². The van der Waals surface area contributed by atoms with Gasteiger partial charge in [-0.2, -0.15) is 0 Å². The number of rotatable bonds is 5. The van der Waals surface area contributed by atoms with E-state index in [4.69, 9.17) is 0 Å². The molecule has 1 amide bonds. The Morgan fingerprint density at radius 2 is 1.90 bits per heavy atom. The zero-order valence-corrected chi connectivity index (χ0v) is 11.3. The number of esters is 1. The average Bonchev–Trinajstić information content (AvgIpc) is 2.42. The first kappa shape index (κ1) is 15.6. The Kier molecular flexibility index (Phi) is 5.64. The van der Waals surface area contributed by atoms with Crippen molar-refractivity contribution in [1.29, 1.82) is 0 Å². The van der Waals surface area contributed by atoms with Gasteiger partial charge < -0.3 is 25.0 Å². The van der Waals surface area contributed by atoms with Crippen molar-refractivity contribution in [2.24, 2.45) is 0 Å². The number of ether oxygens (including phenoxy) is 2. The van der Waals surface area contributed by atoms with E-state index in [2.05, 4.69) is 14.8 Å². The summed E-state index contributed by atoms with van der Waals surface area (Å²) in [5.74, 6) is -0.981. The number of hydrogen-bond acceptors (Lipinski definition) is 6. The van der Waals surface area contributed by atoms with Gasteiger partial charge in [0.15, 0.2) is 11.5 Å². The van der Waals surface area contributed by atoms with Crippen molar-refractivity contribution in [2.45, 2.75) is 18.9 Å². The molecule has 1 rings (SSSR count). The summed E-state index contributed by atoms with van der Waals surface area (Å²) >= 11 is 0. The van der Waals surface area contributed by atoms with Gasteiger partial charge in [0, 0.05) is 6.04 Å². The van der Waals surface area contributed by atoms with Crippen LogP contribution < -0.4 is 5.32 Å². The molecule has 1 unspecified atom stereocenters. The molecule has 0 heterocycles. The quantitative estimate of drug-likeness (QED) is 0.548. The third kappa shape index (κ3) is 4.68. The van der Waals surface area contributed by atoms with Gasteiger partial charge in [-0.15, -0.1) is 0 Å². The number of phenolic OH excluding ortho intramolecular Hbond substituents is 2. The zero-order valence-electron chi connectivity index (χ0n) is 11.3. The highest BCUT2D eigenvalue weighted by atomic mass is 16.5. The van der Waals surface area contributed by atoms with E-state index < -0.39 is 18.1 Å². The molecule has 0 spiro atoms. The summed E-state index contributed by atoms with van der Waals surface area (Å²) < 4.78 is 9.04. The van der Waals surface area contributed by atoms with Crippen LogP contribution in [0.2, 0.25) is 0 Å². The van der Waals surface area contributed by atoms with Crippen LogP contribution in [0.3, 0.4) is 0 Å². The monoisotopic (exact) mass is 283 g/mol. The van der Waals surface area contributed by atoms with E-state index in [1.807, 2.05) is 0 Å². The molecule has 7 heteroatoms. The third-order valence-corrected chi connectivity index (χ3v) is 2.67. The largest absolute Gasteiger partial charge is 0.504 e. The van der Waals surface area contributed by atoms with Crippen LogP contribution in [0.1, 0.15) is 12.0 Å². The molecule has 7 nitrogen and oxygen atoms in total. The van der Waals surface area contributed by atoms with E-state index in [9.17, 15) is 19.8 Å². The summed E-state index contributed by atoms with van der Waals surface area (Å²) in [7, 11) is 2.47. The highest BCUT2D eigenvalue weighted by Gasteiger charge is 2.18. The minimum absolute atomic E-state index is 0.0345. The van der Waals surface area contributed by atoms with Crippen LogP contribution in [0.15, 0.2) is 18.2 Å². The molecule has 110 valence electrons. The van der Waals surface area contributed by atoms with E-state index >= 15 is 0 Å². The second kappa shape index (κ2) is 7.22. The highest BCUT2D eigenvalue weighted by Crippen LogP contribution is 2.25. The zero-order chi connectivity index (χ0) is 15.1. The smallest absolute Gasteiger partial charge is 0.407 e. The van der Waals surface area contributed by atoms with Crippen molar-refractivity contribution >= 4 is 12.1 Å². The van der Waals surface area contributed by atoms with E-state index in [0.717, 1.165) is 0 Å². The number of phenols is 2. The molecule has 1 aromatic rings. The first-order valence-electron chi connectivity index (χ1n) is 5.88. The molecule has 0 aliphatic heterocycles. The lowest BCUT2D eigenvalue weighted by atomic mass is 10.0. The minimum Gasteiger partial charge on any atom is -0.504 e. The average molecular weight is 283 g/mol. The molecular formula is C13H17NO6. The van der Waals surface area contributed by atoms with E-state index in [1.165, 1.54) is 26.4 Å². The van der Waals surface area contributed by atoms with Gasteiger partial charge in [0.1, 0.15) is 0 Å². The van der Waals surface area contributed by atoms with Crippen LogP contribution >= 0.6 is 0 Å². The van der Waals surface area contributed by atoms with Crippen LogP contribution in [0.25, 0.3) is 0 Å². The second-order valence-corrected chi connectivity index (χ2v) is 4.14. The molecule has 3 N–H and O–H groups in total. The summed E-state index contributed by atoms with van der Waals surface area (Å²) in [6.45, 7) is 0. The fraction of sp³-hybridized carbons (Fsp3) is 0.385. The maximum Gasteiger partial charge on any atom is 0.407 e. The number of aromatic hydroxyl groups is 2. The Labute approximate surface area is 116 Å². The summed E-state index contributed by atoms with van der Waals surface area (Å²) in [6, 6.07) is 3.73. The van der Waals surface area contributed by atoms with Crippen LogP contribution in [0, 0.1) is 0 Å². The van der Waals surface area contributed by atoms with Crippen molar-refractivity contribution in [2.75, 3.05) is 14.2 Å². The van der Waals surface area contributed by atoms with Gasteiger partial charge in [-0.3, -0.25) is 4.79 Å². The minimum atomic E-state index is -0.665. The van der Waals surface area contributed by atoms with Gasteiger partial charge >= 0.3 is 12.1 Å². The summed E-state index contributed by atoms with van der Waals surface area (Å²) in [4.78, 5) is 22.5. The molecule has 0 aliphatic carbocycles. The maximum atomic E-state index is 11.3. The first-order valence-corrected chi connectivity index (χ1v) is 5.88. The molecule has 0 saturated heterocycles. The first-order chi connectivity index (χ1) is 9.46. The predicted octanol–water partition coefficient (Wildman–Crippen LogP) is 0.928. The van der Waals surface area contributed by atoms with E-state index in [0.29, 0.717) is 5.56 Å². The summed E-state index contributed by atoms with van der Waals surface area (Å²) in [5.41, 5.74) is 0.644. The molecule has 0 radical (unpaired) electrons. The topological polar surface area (TPSA) is 105 Å². The lowest BCUT2D eigenvalue weighted by Gasteiger charge is -2.17. The van der Waals surface area contributed by atoms with Crippen LogP contribution in [0.5, 0.6) is 11.5 Å². The fourth-order valence-electron chi connectivity index (χ4n) is 1.66. The molecule has 20 heavy (non-hydrogen) atoms. The Bertz CT molecular complexity index is 470. The van der Waals surface area contributed by atoms with Crippen molar-refractivity contribution < 1.29 is 29.3 Å². The molecule has 0 fully saturated rings. The van der Waals surface area contributed by atoms with E-state index in [1.54, 1.807) is 6.07 Å². The standard InChI is InChI=1S/C13H17NO6/c1-19-12(17)7-9(14-13(18)20-2)5-8-3-4-10(15)11(16)6-8/h3-4,6,9,15-16H,5,7H2,1-2H3,(H,14,18). The van der Waals surface area contributed by atoms with Crippen LogP contribution in [0.4, 0.5) is 4.79 Å². The van der Waals surface area contributed by atoms with E-state index in [-0.39, 0.29) is 24.3 Å². The predicted molar refractivity (Wildman–Crippen MR) is 69.4 cm³/mol. The number of carbonyl (C=O) groups is 2. The maximum absolute atomic E-state index is 11.3. The number of alkyl carbamates (subject to hydrolysis) is 1. The Balaban J connectivity index is 2.78. The molecule has 1 atom stereocenters. The van der Waals surface area contributed by atoms with Gasteiger partial charge in [-0.05, 0) is 24.1 Å². The summed E-state index contributed by atoms with van der Waals surface area (Å²) in [6.07, 6.45) is -0.424. The number of hydrogen-bond donors (Lipinski definition) is 3. The van der Waals surface area contributed by atoms with Gasteiger partial charge in [0.25, 0.3) is 0 Å². The molecule has 0 bridgehead atoms. The molecule has 0 saturated carbocycles. The van der Waals surface area contributed by atoms with Crippen molar-refractivity contribution in [3.63, 3.8) is 0 Å². The summed E-state index contributed by atoms with van der Waals surface area (Å²) in [5, 5.41) is 21.2.